The molecule has 18 heavy (non-hydrogen) atoms. The van der Waals surface area contributed by atoms with E-state index in [0.717, 1.165) is 35.2 Å². The number of nitrogens with zero attached hydrogens (tertiary/aromatic N) is 2. The Morgan fingerprint density at radius 2 is 2.11 bits per heavy atom. The van der Waals surface area contributed by atoms with Crippen molar-refractivity contribution in [1.82, 2.24) is 9.97 Å². The van der Waals surface area contributed by atoms with E-state index in [4.69, 9.17) is 4.74 Å². The summed E-state index contributed by atoms with van der Waals surface area (Å²) in [6.45, 7) is 0. The first-order valence-corrected chi connectivity index (χ1v) is 6.36. The van der Waals surface area contributed by atoms with E-state index in [-0.39, 0.29) is 0 Å². The Labute approximate surface area is 107 Å². The van der Waals surface area contributed by atoms with Gasteiger partial charge in [0, 0.05) is 11.5 Å². The van der Waals surface area contributed by atoms with E-state index in [0.29, 0.717) is 0 Å². The molecule has 0 unspecified atom stereocenters. The molecule has 2 aromatic rings. The highest BCUT2D eigenvalue weighted by atomic mass is 16.5. The number of hydrogen-bond donors (Lipinski definition) is 0. The minimum atomic E-state index is 0.838. The van der Waals surface area contributed by atoms with E-state index in [2.05, 4.69) is 22.1 Å². The molecule has 0 radical (unpaired) electrons. The van der Waals surface area contributed by atoms with E-state index in [1.54, 1.807) is 13.4 Å². The molecule has 3 nitrogen and oxygen atoms in total. The Bertz CT molecular complexity index is 604. The van der Waals surface area contributed by atoms with Crippen molar-refractivity contribution in [1.29, 1.82) is 0 Å². The highest BCUT2D eigenvalue weighted by Gasteiger charge is 2.11. The summed E-state index contributed by atoms with van der Waals surface area (Å²) in [6, 6.07) is 5.99. The lowest BCUT2D eigenvalue weighted by Crippen LogP contribution is -1.97. The Morgan fingerprint density at radius 3 is 2.89 bits per heavy atom. The Balaban J connectivity index is 2.14. The number of benzene rings is 1. The van der Waals surface area contributed by atoms with Crippen LogP contribution in [0.2, 0.25) is 0 Å². The van der Waals surface area contributed by atoms with Crippen molar-refractivity contribution >= 4 is 16.5 Å². The molecule has 0 aliphatic heterocycles. The van der Waals surface area contributed by atoms with Gasteiger partial charge >= 0.3 is 0 Å². The van der Waals surface area contributed by atoms with Gasteiger partial charge in [0.05, 0.1) is 18.3 Å². The monoisotopic (exact) mass is 240 g/mol. The highest BCUT2D eigenvalue weighted by Crippen LogP contribution is 2.30. The maximum atomic E-state index is 5.23. The zero-order valence-corrected chi connectivity index (χ0v) is 10.5. The molecule has 1 aromatic carbocycles. The van der Waals surface area contributed by atoms with Crippen LogP contribution in [0.5, 0.6) is 5.75 Å². The minimum absolute atomic E-state index is 0.838. The van der Waals surface area contributed by atoms with Gasteiger partial charge < -0.3 is 4.74 Å². The van der Waals surface area contributed by atoms with Crippen LogP contribution in [0, 0.1) is 0 Å². The van der Waals surface area contributed by atoms with Crippen molar-refractivity contribution in [2.45, 2.75) is 25.7 Å². The predicted molar refractivity (Wildman–Crippen MR) is 72.5 cm³/mol. The van der Waals surface area contributed by atoms with E-state index >= 15 is 0 Å². The quantitative estimate of drug-likeness (QED) is 0.804. The van der Waals surface area contributed by atoms with Gasteiger partial charge in [-0.3, -0.25) is 0 Å². The van der Waals surface area contributed by atoms with Crippen LogP contribution in [0.1, 0.15) is 31.4 Å². The summed E-state index contributed by atoms with van der Waals surface area (Å²) in [6.07, 6.45) is 8.80. The molecular formula is C15H16N2O. The van der Waals surface area contributed by atoms with E-state index in [1.807, 2.05) is 12.1 Å². The molecule has 0 saturated heterocycles. The molecule has 0 N–H and O–H groups in total. The molecule has 3 heteroatoms. The molecule has 1 aliphatic rings. The molecule has 0 bridgehead atoms. The van der Waals surface area contributed by atoms with Crippen LogP contribution in [0.15, 0.2) is 30.6 Å². The fourth-order valence-corrected chi connectivity index (χ4v) is 2.47. The average Bonchev–Trinajstić information content (AvgIpc) is 2.47. The van der Waals surface area contributed by atoms with Gasteiger partial charge in [0.25, 0.3) is 0 Å². The first kappa shape index (κ1) is 11.2. The van der Waals surface area contributed by atoms with Crippen LogP contribution in [-0.4, -0.2) is 17.1 Å². The van der Waals surface area contributed by atoms with Crippen LogP contribution in [0.4, 0.5) is 0 Å². The average molecular weight is 240 g/mol. The van der Waals surface area contributed by atoms with E-state index in [9.17, 15) is 0 Å². The molecule has 0 atom stereocenters. The zero-order chi connectivity index (χ0) is 12.4. The fourth-order valence-electron chi connectivity index (χ4n) is 2.47. The van der Waals surface area contributed by atoms with Gasteiger partial charge in [0.15, 0.2) is 0 Å². The standard InChI is InChI=1S/C15H16N2O/c1-18-12-7-8-13-14(9-12)16-10-17-15(13)11-5-3-2-4-6-11/h5,7-10H,2-4,6H2,1H3. The molecule has 1 aliphatic carbocycles. The lowest BCUT2D eigenvalue weighted by atomic mass is 9.95. The minimum Gasteiger partial charge on any atom is -0.497 e. The van der Waals surface area contributed by atoms with Crippen LogP contribution >= 0.6 is 0 Å². The summed E-state index contributed by atoms with van der Waals surface area (Å²) >= 11 is 0. The number of rotatable bonds is 2. The van der Waals surface area contributed by atoms with Gasteiger partial charge in [-0.25, -0.2) is 9.97 Å². The second kappa shape index (κ2) is 4.77. The largest absolute Gasteiger partial charge is 0.497 e. The van der Waals surface area contributed by atoms with Crippen molar-refractivity contribution < 1.29 is 4.74 Å². The fraction of sp³-hybridized carbons (Fsp3) is 0.333. The number of hydrogen-bond acceptors (Lipinski definition) is 3. The van der Waals surface area contributed by atoms with Crippen molar-refractivity contribution in [2.75, 3.05) is 7.11 Å². The number of aromatic nitrogens is 2. The third-order valence-electron chi connectivity index (χ3n) is 3.44. The first-order chi connectivity index (χ1) is 8.88. The maximum Gasteiger partial charge on any atom is 0.121 e. The molecule has 3 rings (SSSR count). The van der Waals surface area contributed by atoms with Gasteiger partial charge in [0.2, 0.25) is 0 Å². The summed E-state index contributed by atoms with van der Waals surface area (Å²) < 4.78 is 5.23. The summed E-state index contributed by atoms with van der Waals surface area (Å²) in [7, 11) is 1.67. The van der Waals surface area contributed by atoms with E-state index in [1.165, 1.54) is 18.4 Å². The van der Waals surface area contributed by atoms with Gasteiger partial charge in [-0.15, -0.1) is 0 Å². The lowest BCUT2D eigenvalue weighted by Gasteiger charge is -2.13. The molecule has 0 fully saturated rings. The third kappa shape index (κ3) is 1.96. The van der Waals surface area contributed by atoms with Crippen LogP contribution in [0.3, 0.4) is 0 Å². The predicted octanol–water partition coefficient (Wildman–Crippen LogP) is 3.60. The molecule has 92 valence electrons. The normalized spacial score (nSPS) is 15.5. The van der Waals surface area contributed by atoms with Crippen molar-refractivity contribution in [2.24, 2.45) is 0 Å². The second-order valence-electron chi connectivity index (χ2n) is 4.58. The van der Waals surface area contributed by atoms with Gasteiger partial charge in [-0.2, -0.15) is 0 Å². The van der Waals surface area contributed by atoms with Gasteiger partial charge in [-0.05, 0) is 43.4 Å². The second-order valence-corrected chi connectivity index (χ2v) is 4.58. The maximum absolute atomic E-state index is 5.23. The summed E-state index contributed by atoms with van der Waals surface area (Å²) in [4.78, 5) is 8.79. The number of allylic oxidation sites excluding steroid dienone is 2. The molecule has 0 saturated carbocycles. The number of methoxy groups -OCH3 is 1. The molecular weight excluding hydrogens is 224 g/mol. The SMILES string of the molecule is COc1ccc2c(C3=CCCCC3)ncnc2c1. The Morgan fingerprint density at radius 1 is 1.17 bits per heavy atom. The van der Waals surface area contributed by atoms with Crippen LogP contribution < -0.4 is 4.74 Å². The van der Waals surface area contributed by atoms with Crippen molar-refractivity contribution in [3.05, 3.63) is 36.3 Å². The molecule has 0 amide bonds. The van der Waals surface area contributed by atoms with Gasteiger partial charge in [0.1, 0.15) is 12.1 Å². The Hall–Kier alpha value is -1.90. The first-order valence-electron chi connectivity index (χ1n) is 6.36. The van der Waals surface area contributed by atoms with Crippen LogP contribution in [-0.2, 0) is 0 Å². The van der Waals surface area contributed by atoms with E-state index < -0.39 is 0 Å². The van der Waals surface area contributed by atoms with Gasteiger partial charge in [-0.1, -0.05) is 6.08 Å². The lowest BCUT2D eigenvalue weighted by molar-refractivity contribution is 0.415. The van der Waals surface area contributed by atoms with Crippen molar-refractivity contribution in [3.63, 3.8) is 0 Å². The molecule has 1 heterocycles. The number of fused-ring (bicyclic) bond motifs is 1. The summed E-state index contributed by atoms with van der Waals surface area (Å²) in [5.74, 6) is 0.838. The summed E-state index contributed by atoms with van der Waals surface area (Å²) in [5.41, 5.74) is 3.40. The molecule has 1 aromatic heterocycles. The Kier molecular flexibility index (Phi) is 2.97. The number of ether oxygens (including phenoxy) is 1. The topological polar surface area (TPSA) is 35.0 Å². The smallest absolute Gasteiger partial charge is 0.121 e. The zero-order valence-electron chi connectivity index (χ0n) is 10.5. The molecule has 0 spiro atoms. The van der Waals surface area contributed by atoms with Crippen molar-refractivity contribution in [3.8, 4) is 5.75 Å². The summed E-state index contributed by atoms with van der Waals surface area (Å²) in [5, 5.41) is 1.12. The third-order valence-corrected chi connectivity index (χ3v) is 3.44. The highest BCUT2D eigenvalue weighted by molar-refractivity contribution is 5.90. The van der Waals surface area contributed by atoms with Crippen LogP contribution in [0.25, 0.3) is 16.5 Å².